The highest BCUT2D eigenvalue weighted by molar-refractivity contribution is 7.01. The zero-order valence-electron chi connectivity index (χ0n) is 28.3. The van der Waals surface area contributed by atoms with Crippen LogP contribution in [0.2, 0.25) is 0 Å². The summed E-state index contributed by atoms with van der Waals surface area (Å²) >= 11 is 0. The number of hydrogen-bond acceptors (Lipinski definition) is 3. The van der Waals surface area contributed by atoms with Gasteiger partial charge in [-0.2, -0.15) is 0 Å². The molecule has 0 saturated heterocycles. The van der Waals surface area contributed by atoms with Crippen molar-refractivity contribution in [2.75, 3.05) is 9.80 Å². The summed E-state index contributed by atoms with van der Waals surface area (Å²) in [4.78, 5) is 4.90. The van der Waals surface area contributed by atoms with Gasteiger partial charge in [-0.1, -0.05) is 121 Å². The van der Waals surface area contributed by atoms with Gasteiger partial charge in [0.2, 0.25) is 0 Å². The molecule has 0 aliphatic carbocycles. The molecule has 0 saturated carbocycles. The van der Waals surface area contributed by atoms with Gasteiger partial charge in [0.25, 0.3) is 6.71 Å². The van der Waals surface area contributed by atoms with E-state index in [1.165, 1.54) is 50.3 Å². The van der Waals surface area contributed by atoms with E-state index in [-0.39, 0.29) is 6.71 Å². The number of rotatable bonds is 4. The van der Waals surface area contributed by atoms with E-state index in [4.69, 9.17) is 4.42 Å². The van der Waals surface area contributed by atoms with E-state index in [2.05, 4.69) is 186 Å². The third-order valence-electron chi connectivity index (χ3n) is 10.9. The highest BCUT2D eigenvalue weighted by atomic mass is 16.3. The smallest absolute Gasteiger partial charge is 0.252 e. The van der Waals surface area contributed by atoms with Gasteiger partial charge in [-0.25, -0.2) is 0 Å². The Morgan fingerprint density at radius 1 is 0.365 bits per heavy atom. The average Bonchev–Trinajstić information content (AvgIpc) is 3.59. The van der Waals surface area contributed by atoms with Crippen molar-refractivity contribution < 1.29 is 4.42 Å². The first-order chi connectivity index (χ1) is 25.8. The minimum Gasteiger partial charge on any atom is -0.456 e. The summed E-state index contributed by atoms with van der Waals surface area (Å²) in [5, 5.41) is 2.30. The van der Waals surface area contributed by atoms with Crippen LogP contribution >= 0.6 is 0 Å². The normalized spacial score (nSPS) is 12.9. The average molecular weight is 663 g/mol. The molecule has 1 aromatic heterocycles. The second kappa shape index (κ2) is 11.4. The molecule has 0 radical (unpaired) electrons. The van der Waals surface area contributed by atoms with Crippen LogP contribution in [0.1, 0.15) is 0 Å². The summed E-state index contributed by atoms with van der Waals surface area (Å²) in [6, 6.07) is 68.0. The van der Waals surface area contributed by atoms with Crippen LogP contribution in [0.5, 0.6) is 0 Å². The van der Waals surface area contributed by atoms with E-state index in [1.807, 2.05) is 12.1 Å². The molecular weight excluding hydrogens is 631 g/mol. The fourth-order valence-electron chi connectivity index (χ4n) is 8.64. The van der Waals surface area contributed by atoms with E-state index in [0.717, 1.165) is 44.4 Å². The van der Waals surface area contributed by atoms with Crippen LogP contribution in [0.25, 0.3) is 44.2 Å². The van der Waals surface area contributed by atoms with Crippen molar-refractivity contribution in [1.29, 1.82) is 0 Å². The van der Waals surface area contributed by atoms with Crippen LogP contribution in [0, 0.1) is 0 Å². The lowest BCUT2D eigenvalue weighted by Crippen LogP contribution is -2.61. The first-order valence-corrected chi connectivity index (χ1v) is 17.9. The Morgan fingerprint density at radius 2 is 0.904 bits per heavy atom. The SMILES string of the molecule is c1ccc(N2c3ccccc3B3c4c(-c5ccc(-c6ccc7c(c6)oc6ccccc67)cc5)cccc4N(c4ccccc4)c4cccc2c43)cc1. The summed E-state index contributed by atoms with van der Waals surface area (Å²) in [6.07, 6.45) is 0. The fourth-order valence-corrected chi connectivity index (χ4v) is 8.64. The first-order valence-electron chi connectivity index (χ1n) is 17.9. The molecule has 3 nitrogen and oxygen atoms in total. The molecule has 0 amide bonds. The first kappa shape index (κ1) is 29.0. The minimum absolute atomic E-state index is 0.0451. The number of para-hydroxylation sites is 4. The third kappa shape index (κ3) is 4.28. The van der Waals surface area contributed by atoms with E-state index in [0.29, 0.717) is 0 Å². The molecule has 0 bridgehead atoms. The van der Waals surface area contributed by atoms with Crippen LogP contribution < -0.4 is 26.2 Å². The molecule has 0 atom stereocenters. The number of anilines is 6. The molecule has 0 spiro atoms. The molecule has 0 unspecified atom stereocenters. The molecule has 0 N–H and O–H groups in total. The molecule has 11 rings (SSSR count). The molecule has 3 heterocycles. The molecule has 242 valence electrons. The van der Waals surface area contributed by atoms with Crippen molar-refractivity contribution in [1.82, 2.24) is 0 Å². The largest absolute Gasteiger partial charge is 0.456 e. The predicted molar refractivity (Wildman–Crippen MR) is 219 cm³/mol. The van der Waals surface area contributed by atoms with Crippen LogP contribution in [0.4, 0.5) is 34.1 Å². The van der Waals surface area contributed by atoms with Crippen LogP contribution in [0.3, 0.4) is 0 Å². The molecular formula is C48H31BN2O. The second-order valence-corrected chi connectivity index (χ2v) is 13.7. The molecule has 2 aliphatic rings. The lowest BCUT2D eigenvalue weighted by Gasteiger charge is -2.44. The summed E-state index contributed by atoms with van der Waals surface area (Å²) in [5.74, 6) is 0. The zero-order valence-corrected chi connectivity index (χ0v) is 28.3. The number of furan rings is 1. The maximum Gasteiger partial charge on any atom is 0.252 e. The second-order valence-electron chi connectivity index (χ2n) is 13.7. The van der Waals surface area contributed by atoms with Gasteiger partial charge in [0.1, 0.15) is 11.2 Å². The van der Waals surface area contributed by atoms with Gasteiger partial charge in [0, 0.05) is 44.9 Å². The van der Waals surface area contributed by atoms with Crippen LogP contribution in [-0.2, 0) is 0 Å². The third-order valence-corrected chi connectivity index (χ3v) is 10.9. The Hall–Kier alpha value is -6.78. The zero-order chi connectivity index (χ0) is 34.2. The Balaban J connectivity index is 1.11. The van der Waals surface area contributed by atoms with E-state index in [9.17, 15) is 0 Å². The number of benzene rings is 8. The lowest BCUT2D eigenvalue weighted by molar-refractivity contribution is 0.669. The predicted octanol–water partition coefficient (Wildman–Crippen LogP) is 11.0. The topological polar surface area (TPSA) is 19.6 Å². The monoisotopic (exact) mass is 662 g/mol. The van der Waals surface area contributed by atoms with E-state index < -0.39 is 0 Å². The quantitative estimate of drug-likeness (QED) is 0.175. The molecule has 9 aromatic rings. The van der Waals surface area contributed by atoms with Gasteiger partial charge in [0.05, 0.1) is 0 Å². The molecule has 4 heteroatoms. The molecule has 52 heavy (non-hydrogen) atoms. The van der Waals surface area contributed by atoms with Crippen molar-refractivity contribution in [3.05, 3.63) is 188 Å². The van der Waals surface area contributed by atoms with Crippen LogP contribution in [0.15, 0.2) is 192 Å². The van der Waals surface area contributed by atoms with Crippen molar-refractivity contribution >= 4 is 79.2 Å². The van der Waals surface area contributed by atoms with Crippen molar-refractivity contribution in [2.45, 2.75) is 0 Å². The summed E-state index contributed by atoms with van der Waals surface area (Å²) in [7, 11) is 0. The van der Waals surface area contributed by atoms with Crippen molar-refractivity contribution in [3.8, 4) is 22.3 Å². The van der Waals surface area contributed by atoms with E-state index in [1.54, 1.807) is 0 Å². The Kier molecular flexibility index (Phi) is 6.35. The van der Waals surface area contributed by atoms with Gasteiger partial charge in [-0.3, -0.25) is 0 Å². The standard InChI is InChI=1S/C48H31BN2O/c1-3-13-35(14-4-1)50-41-20-9-8-19-40(41)49-47-37(18-11-21-42(47)51(36-15-5-2-6-16-36)44-23-12-22-43(50)48(44)49)33-27-25-32(26-28-33)34-29-30-39-38-17-7-10-24-45(38)52-46(39)31-34/h1-31H. The lowest BCUT2D eigenvalue weighted by atomic mass is 9.32. The Bertz CT molecular complexity index is 2790. The Morgan fingerprint density at radius 3 is 1.65 bits per heavy atom. The highest BCUT2D eigenvalue weighted by Crippen LogP contribution is 2.45. The molecule has 0 fully saturated rings. The number of hydrogen-bond donors (Lipinski definition) is 0. The van der Waals surface area contributed by atoms with Gasteiger partial charge < -0.3 is 14.2 Å². The highest BCUT2D eigenvalue weighted by Gasteiger charge is 2.44. The number of nitrogens with zero attached hydrogens (tertiary/aromatic N) is 2. The fraction of sp³-hybridized carbons (Fsp3) is 0. The Labute approximate surface area is 302 Å². The van der Waals surface area contributed by atoms with Crippen LogP contribution in [-0.4, -0.2) is 6.71 Å². The van der Waals surface area contributed by atoms with Crippen molar-refractivity contribution in [2.24, 2.45) is 0 Å². The maximum atomic E-state index is 6.24. The minimum atomic E-state index is 0.0451. The summed E-state index contributed by atoms with van der Waals surface area (Å²) in [5.41, 5.74) is 17.7. The summed E-state index contributed by atoms with van der Waals surface area (Å²) in [6.45, 7) is 0.0451. The molecule has 8 aromatic carbocycles. The van der Waals surface area contributed by atoms with Gasteiger partial charge in [-0.15, -0.1) is 0 Å². The molecule has 2 aliphatic heterocycles. The van der Waals surface area contributed by atoms with Gasteiger partial charge in [-0.05, 0) is 105 Å². The maximum absolute atomic E-state index is 6.24. The van der Waals surface area contributed by atoms with E-state index >= 15 is 0 Å². The van der Waals surface area contributed by atoms with Gasteiger partial charge in [0.15, 0.2) is 0 Å². The number of fused-ring (bicyclic) bond motifs is 7. The van der Waals surface area contributed by atoms with Crippen molar-refractivity contribution in [3.63, 3.8) is 0 Å². The summed E-state index contributed by atoms with van der Waals surface area (Å²) < 4.78 is 6.24. The van der Waals surface area contributed by atoms with Gasteiger partial charge >= 0.3 is 0 Å².